The molecule has 7 aromatic rings. The SMILES string of the molecule is CO[Si]OC.c1ccc2c(c1)-c1nc-2nc2[nH]c(nc3nc(nc4[nH]c(n1)c1ccccc41)-c1ccccc1-3)c1ccccc21. The van der Waals surface area contributed by atoms with E-state index < -0.39 is 0 Å². The molecule has 45 heavy (non-hydrogen) atoms. The van der Waals surface area contributed by atoms with Crippen LogP contribution in [0.25, 0.3) is 89.7 Å². The molecule has 8 bridgehead atoms. The van der Waals surface area contributed by atoms with Crippen LogP contribution in [0.5, 0.6) is 0 Å². The third kappa shape index (κ3) is 4.66. The van der Waals surface area contributed by atoms with E-state index in [0.29, 0.717) is 45.9 Å². The van der Waals surface area contributed by atoms with Crippen molar-refractivity contribution in [2.75, 3.05) is 14.2 Å². The van der Waals surface area contributed by atoms with Crippen molar-refractivity contribution in [2.45, 2.75) is 0 Å². The van der Waals surface area contributed by atoms with E-state index in [9.17, 15) is 0 Å². The Balaban J connectivity index is 0.000000560. The highest BCUT2D eigenvalue weighted by Crippen LogP contribution is 2.36. The lowest BCUT2D eigenvalue weighted by Crippen LogP contribution is -1.93. The molecule has 2 aliphatic heterocycles. The summed E-state index contributed by atoms with van der Waals surface area (Å²) in [6.07, 6.45) is 0. The van der Waals surface area contributed by atoms with Gasteiger partial charge in [0.25, 0.3) is 0 Å². The number of benzene rings is 4. The molecule has 0 amide bonds. The molecule has 0 atom stereocenters. The van der Waals surface area contributed by atoms with E-state index in [1.165, 1.54) is 0 Å². The first-order valence-corrected chi connectivity index (χ1v) is 15.0. The van der Waals surface area contributed by atoms with Gasteiger partial charge in [-0.15, -0.1) is 0 Å². The Kier molecular flexibility index (Phi) is 6.67. The molecule has 9 rings (SSSR count). The van der Waals surface area contributed by atoms with Gasteiger partial charge in [-0.25, -0.2) is 29.9 Å². The molecule has 0 fully saturated rings. The first kappa shape index (κ1) is 27.0. The van der Waals surface area contributed by atoms with Crippen LogP contribution < -0.4 is 0 Å². The van der Waals surface area contributed by atoms with Gasteiger partial charge in [0.05, 0.1) is 0 Å². The molecule has 0 aliphatic carbocycles. The summed E-state index contributed by atoms with van der Waals surface area (Å²) in [5, 5.41) is 3.82. The van der Waals surface area contributed by atoms with Crippen molar-refractivity contribution in [2.24, 2.45) is 0 Å². The Bertz CT molecular complexity index is 2100. The van der Waals surface area contributed by atoms with E-state index >= 15 is 0 Å². The van der Waals surface area contributed by atoms with Gasteiger partial charge in [0, 0.05) is 58.0 Å². The number of nitrogens with one attached hydrogen (secondary N) is 2. The van der Waals surface area contributed by atoms with E-state index in [1.807, 2.05) is 97.1 Å². The summed E-state index contributed by atoms with van der Waals surface area (Å²) in [6.45, 7) is 0. The molecule has 3 aromatic heterocycles. The number of aromatic amines is 2. The van der Waals surface area contributed by atoms with Crippen molar-refractivity contribution in [1.29, 1.82) is 0 Å². The highest BCUT2D eigenvalue weighted by Gasteiger charge is 2.21. The number of rotatable bonds is 2. The molecular weight excluding hydrogens is 581 g/mol. The Hall–Kier alpha value is -5.62. The second-order valence-electron chi connectivity index (χ2n) is 10.3. The van der Waals surface area contributed by atoms with Gasteiger partial charge < -0.3 is 18.8 Å². The van der Waals surface area contributed by atoms with Gasteiger partial charge in [-0.1, -0.05) is 97.1 Å². The van der Waals surface area contributed by atoms with Crippen LogP contribution >= 0.6 is 0 Å². The largest absolute Gasteiger partial charge is 0.432 e. The molecule has 0 spiro atoms. The zero-order valence-corrected chi connectivity index (χ0v) is 25.2. The molecule has 5 heterocycles. The topological polar surface area (TPSA) is 127 Å². The van der Waals surface area contributed by atoms with Crippen LogP contribution in [-0.4, -0.2) is 64.1 Å². The molecule has 0 saturated heterocycles. The number of hydrogen-bond donors (Lipinski definition) is 2. The molecule has 4 aromatic carbocycles. The van der Waals surface area contributed by atoms with Crippen molar-refractivity contribution in [1.82, 2.24) is 39.9 Å². The number of aromatic nitrogens is 8. The molecule has 2 aliphatic rings. The fourth-order valence-corrected chi connectivity index (χ4v) is 5.84. The number of fused-ring (bicyclic) bond motifs is 20. The lowest BCUT2D eigenvalue weighted by Gasteiger charge is -1.96. The average Bonchev–Trinajstić information content (AvgIpc) is 3.81. The number of hydrogen-bond acceptors (Lipinski definition) is 8. The number of H-pyrrole nitrogens is 2. The second-order valence-corrected chi connectivity index (χ2v) is 11.3. The van der Waals surface area contributed by atoms with Gasteiger partial charge in [-0.05, 0) is 0 Å². The van der Waals surface area contributed by atoms with E-state index in [1.54, 1.807) is 14.2 Å². The summed E-state index contributed by atoms with van der Waals surface area (Å²) in [7, 11) is 3.40. The van der Waals surface area contributed by atoms with Gasteiger partial charge in [0.1, 0.15) is 22.6 Å². The highest BCUT2D eigenvalue weighted by atomic mass is 28.3. The maximum Gasteiger partial charge on any atom is 0.432 e. The van der Waals surface area contributed by atoms with Gasteiger partial charge in [0.2, 0.25) is 0 Å². The summed E-state index contributed by atoms with van der Waals surface area (Å²) < 4.78 is 8.99. The van der Waals surface area contributed by atoms with Crippen LogP contribution in [0.1, 0.15) is 0 Å². The van der Waals surface area contributed by atoms with Crippen molar-refractivity contribution in [3.05, 3.63) is 97.1 Å². The Labute approximate surface area is 259 Å². The minimum Gasteiger partial charge on any atom is -0.396 e. The zero-order valence-electron chi connectivity index (χ0n) is 24.2. The molecule has 2 N–H and O–H groups in total. The standard InChI is InChI=1S/C32H18N8.C2H6O2Si/c1-2-10-18-17(9-1)25-33-26(18)38-28-21-13-5-6-14-22(21)30(35-28)40-32-24-16-8-7-15-23(24)31(36-32)39-29-20-12-4-3-11-19(20)27(34-29)37-25;1-3-5-4-2/h1-16H,(H2,33,34,35,36,37,38,39,40);1-2H3. The Morgan fingerprint density at radius 3 is 0.911 bits per heavy atom. The van der Waals surface area contributed by atoms with Crippen LogP contribution in [-0.2, 0) is 8.85 Å². The van der Waals surface area contributed by atoms with Gasteiger partial charge in [0.15, 0.2) is 23.3 Å². The first-order chi connectivity index (χ1) is 22.2. The quantitative estimate of drug-likeness (QED) is 0.209. The number of nitrogens with zero attached hydrogens (tertiary/aromatic N) is 6. The molecule has 0 saturated carbocycles. The molecule has 2 radical (unpaired) electrons. The Morgan fingerprint density at radius 1 is 0.400 bits per heavy atom. The lowest BCUT2D eigenvalue weighted by molar-refractivity contribution is 0.309. The summed E-state index contributed by atoms with van der Waals surface area (Å²) in [5.74, 6) is 2.39. The smallest absolute Gasteiger partial charge is 0.396 e. The Morgan fingerprint density at radius 2 is 0.667 bits per heavy atom. The molecule has 216 valence electrons. The van der Waals surface area contributed by atoms with Crippen LogP contribution in [0.15, 0.2) is 97.1 Å². The van der Waals surface area contributed by atoms with Crippen molar-refractivity contribution in [3.63, 3.8) is 0 Å². The zero-order chi connectivity index (χ0) is 30.3. The maximum absolute atomic E-state index is 5.02. The van der Waals surface area contributed by atoms with Crippen LogP contribution in [0.3, 0.4) is 0 Å². The van der Waals surface area contributed by atoms with E-state index in [2.05, 4.69) is 18.8 Å². The van der Waals surface area contributed by atoms with E-state index in [4.69, 9.17) is 29.9 Å². The van der Waals surface area contributed by atoms with E-state index in [-0.39, 0.29) is 10.0 Å². The monoisotopic (exact) mass is 604 g/mol. The third-order valence-electron chi connectivity index (χ3n) is 7.63. The second kappa shape index (κ2) is 11.1. The summed E-state index contributed by atoms with van der Waals surface area (Å²) in [5.41, 5.74) is 6.45. The summed E-state index contributed by atoms with van der Waals surface area (Å²) in [6, 6.07) is 32.2. The molecular formula is C34H24N8O2Si. The molecule has 10 nitrogen and oxygen atoms in total. The van der Waals surface area contributed by atoms with Gasteiger partial charge in [-0.2, -0.15) is 0 Å². The van der Waals surface area contributed by atoms with Gasteiger partial charge >= 0.3 is 10.0 Å². The van der Waals surface area contributed by atoms with Gasteiger partial charge in [-0.3, -0.25) is 0 Å². The predicted octanol–water partition coefficient (Wildman–Crippen LogP) is 6.68. The van der Waals surface area contributed by atoms with Crippen molar-refractivity contribution >= 4 is 54.1 Å². The van der Waals surface area contributed by atoms with Crippen LogP contribution in [0, 0.1) is 0 Å². The van der Waals surface area contributed by atoms with Crippen molar-refractivity contribution < 1.29 is 8.85 Å². The normalized spacial score (nSPS) is 11.6. The minimum absolute atomic E-state index is 0.198. The fourth-order valence-electron chi connectivity index (χ4n) is 5.67. The van der Waals surface area contributed by atoms with Crippen LogP contribution in [0.4, 0.5) is 0 Å². The third-order valence-corrected chi connectivity index (χ3v) is 7.96. The van der Waals surface area contributed by atoms with Crippen molar-refractivity contribution in [3.8, 4) is 45.6 Å². The highest BCUT2D eigenvalue weighted by molar-refractivity contribution is 6.17. The van der Waals surface area contributed by atoms with E-state index in [0.717, 1.165) is 43.8 Å². The lowest BCUT2D eigenvalue weighted by atomic mass is 10.1. The molecule has 0 unspecified atom stereocenters. The summed E-state index contributed by atoms with van der Waals surface area (Å²) >= 11 is 0. The minimum atomic E-state index is 0.198. The fraction of sp³-hybridized carbons (Fsp3) is 0.0588. The van der Waals surface area contributed by atoms with Crippen LogP contribution in [0.2, 0.25) is 0 Å². The first-order valence-electron chi connectivity index (χ1n) is 14.2. The maximum atomic E-state index is 5.02. The summed E-state index contributed by atoms with van der Waals surface area (Å²) in [4.78, 5) is 36.8. The average molecular weight is 605 g/mol. The molecule has 11 heteroatoms. The predicted molar refractivity (Wildman–Crippen MR) is 176 cm³/mol.